The van der Waals surface area contributed by atoms with Crippen LogP contribution in [0.2, 0.25) is 0 Å². The monoisotopic (exact) mass is 580 g/mol. The van der Waals surface area contributed by atoms with Crippen LogP contribution in [0.15, 0.2) is 92.9 Å². The zero-order valence-electron chi connectivity index (χ0n) is 17.9. The molecule has 0 aromatic heterocycles. The van der Waals surface area contributed by atoms with Crippen molar-refractivity contribution in [2.75, 3.05) is 7.11 Å². The number of nitrogens with zero attached hydrogens (tertiary/aromatic N) is 1. The molecule has 1 amide bonds. The Bertz CT molecular complexity index is 1410. The second-order valence-corrected chi connectivity index (χ2v) is 8.92. The molecule has 34 heavy (non-hydrogen) atoms. The van der Waals surface area contributed by atoms with Gasteiger partial charge < -0.3 is 9.47 Å². The van der Waals surface area contributed by atoms with Gasteiger partial charge in [0.1, 0.15) is 11.5 Å². The molecule has 0 saturated heterocycles. The van der Waals surface area contributed by atoms with E-state index in [0.717, 1.165) is 15.2 Å². The van der Waals surface area contributed by atoms with Gasteiger partial charge in [-0.15, -0.1) is 0 Å². The first-order valence-electron chi connectivity index (χ1n) is 10.1. The fourth-order valence-electron chi connectivity index (χ4n) is 3.32. The number of hydrazone groups is 1. The molecular weight excluding hydrogens is 564 g/mol. The van der Waals surface area contributed by atoms with E-state index in [1.807, 2.05) is 36.4 Å². The van der Waals surface area contributed by atoms with Crippen LogP contribution in [-0.4, -0.2) is 25.2 Å². The number of rotatable bonds is 6. The highest BCUT2D eigenvalue weighted by atomic mass is 79.9. The normalized spacial score (nSPS) is 10.9. The molecule has 0 aliphatic rings. The second kappa shape index (κ2) is 10.6. The molecule has 0 saturated carbocycles. The zero-order valence-corrected chi connectivity index (χ0v) is 21.1. The van der Waals surface area contributed by atoms with Crippen LogP contribution in [0.4, 0.5) is 0 Å². The van der Waals surface area contributed by atoms with Gasteiger partial charge >= 0.3 is 5.97 Å². The molecule has 8 heteroatoms. The lowest BCUT2D eigenvalue weighted by atomic mass is 10.0. The van der Waals surface area contributed by atoms with E-state index in [0.29, 0.717) is 32.7 Å². The molecule has 0 fully saturated rings. The molecule has 4 aromatic rings. The predicted octanol–water partition coefficient (Wildman–Crippen LogP) is 6.36. The molecule has 0 aliphatic carbocycles. The number of carbonyl (C=O) groups is 2. The van der Waals surface area contributed by atoms with Crippen LogP contribution in [0.3, 0.4) is 0 Å². The van der Waals surface area contributed by atoms with Crippen molar-refractivity contribution in [3.8, 4) is 11.5 Å². The summed E-state index contributed by atoms with van der Waals surface area (Å²) >= 11 is 6.78. The van der Waals surface area contributed by atoms with Gasteiger partial charge in [-0.05, 0) is 74.7 Å². The van der Waals surface area contributed by atoms with E-state index in [1.165, 1.54) is 13.3 Å². The summed E-state index contributed by atoms with van der Waals surface area (Å²) in [4.78, 5) is 25.2. The molecule has 0 atom stereocenters. The number of hydrogen-bond acceptors (Lipinski definition) is 5. The maximum absolute atomic E-state index is 12.8. The highest BCUT2D eigenvalue weighted by Crippen LogP contribution is 2.28. The van der Waals surface area contributed by atoms with Gasteiger partial charge in [0.25, 0.3) is 5.91 Å². The minimum Gasteiger partial charge on any atom is -0.496 e. The van der Waals surface area contributed by atoms with Gasteiger partial charge in [0.05, 0.1) is 28.9 Å². The minimum absolute atomic E-state index is 0.353. The van der Waals surface area contributed by atoms with Crippen LogP contribution < -0.4 is 14.9 Å². The SMILES string of the molecule is COc1ccc(Br)cc1C(=O)N/N=C\c1ccc(OC(=O)c2cccc3ccccc23)c(Br)c1. The van der Waals surface area contributed by atoms with Crippen LogP contribution in [0.5, 0.6) is 11.5 Å². The third-order valence-electron chi connectivity index (χ3n) is 4.95. The molecule has 0 radical (unpaired) electrons. The fourth-order valence-corrected chi connectivity index (χ4v) is 4.16. The van der Waals surface area contributed by atoms with Gasteiger partial charge in [-0.1, -0.05) is 52.3 Å². The number of fused-ring (bicyclic) bond motifs is 1. The Morgan fingerprint density at radius 2 is 1.65 bits per heavy atom. The summed E-state index contributed by atoms with van der Waals surface area (Å²) in [7, 11) is 1.50. The number of esters is 1. The lowest BCUT2D eigenvalue weighted by Gasteiger charge is -2.09. The Morgan fingerprint density at radius 1 is 0.882 bits per heavy atom. The van der Waals surface area contributed by atoms with Crippen LogP contribution in [0.1, 0.15) is 26.3 Å². The Kier molecular flexibility index (Phi) is 7.40. The summed E-state index contributed by atoms with van der Waals surface area (Å²) in [5.41, 5.74) is 4.02. The number of hydrogen-bond donors (Lipinski definition) is 1. The van der Waals surface area contributed by atoms with Crippen LogP contribution in [-0.2, 0) is 0 Å². The number of halogens is 2. The number of benzene rings is 4. The maximum Gasteiger partial charge on any atom is 0.344 e. The van der Waals surface area contributed by atoms with Gasteiger partial charge in [0, 0.05) is 4.47 Å². The summed E-state index contributed by atoms with van der Waals surface area (Å²) < 4.78 is 12.2. The fraction of sp³-hybridized carbons (Fsp3) is 0.0385. The molecule has 1 N–H and O–H groups in total. The van der Waals surface area contributed by atoms with Crippen LogP contribution >= 0.6 is 31.9 Å². The van der Waals surface area contributed by atoms with Gasteiger partial charge in [-0.3, -0.25) is 4.79 Å². The smallest absolute Gasteiger partial charge is 0.344 e. The number of methoxy groups -OCH3 is 1. The maximum atomic E-state index is 12.8. The van der Waals surface area contributed by atoms with Crippen LogP contribution in [0, 0.1) is 0 Å². The highest BCUT2D eigenvalue weighted by molar-refractivity contribution is 9.10. The number of amides is 1. The zero-order chi connectivity index (χ0) is 24.1. The standard InChI is InChI=1S/C26H18Br2N2O4/c1-33-23-12-10-18(27)14-21(23)25(31)30-29-15-16-9-11-24(22(28)13-16)34-26(32)20-8-4-6-17-5-2-3-7-19(17)20/h2-15H,1H3,(H,30,31)/b29-15-. The summed E-state index contributed by atoms with van der Waals surface area (Å²) in [6.45, 7) is 0. The summed E-state index contributed by atoms with van der Waals surface area (Å²) in [6.07, 6.45) is 1.49. The van der Waals surface area contributed by atoms with Crippen LogP contribution in [0.25, 0.3) is 10.8 Å². The first-order valence-corrected chi connectivity index (χ1v) is 11.7. The molecule has 6 nitrogen and oxygen atoms in total. The Balaban J connectivity index is 1.45. The van der Waals surface area contributed by atoms with E-state index in [4.69, 9.17) is 9.47 Å². The number of carbonyl (C=O) groups excluding carboxylic acids is 2. The van der Waals surface area contributed by atoms with E-state index in [2.05, 4.69) is 42.4 Å². The largest absolute Gasteiger partial charge is 0.496 e. The quantitative estimate of drug-likeness (QED) is 0.124. The Labute approximate surface area is 212 Å². The summed E-state index contributed by atoms with van der Waals surface area (Å²) in [5, 5.41) is 5.80. The first kappa shape index (κ1) is 23.7. The van der Waals surface area contributed by atoms with Crippen molar-refractivity contribution in [2.45, 2.75) is 0 Å². The van der Waals surface area contributed by atoms with Gasteiger partial charge in [-0.25, -0.2) is 10.2 Å². The van der Waals surface area contributed by atoms with Crippen molar-refractivity contribution in [1.29, 1.82) is 0 Å². The van der Waals surface area contributed by atoms with Crippen molar-refractivity contribution >= 4 is 60.7 Å². The number of nitrogens with one attached hydrogen (secondary N) is 1. The van der Waals surface area contributed by atoms with Crippen molar-refractivity contribution in [2.24, 2.45) is 5.10 Å². The third-order valence-corrected chi connectivity index (χ3v) is 6.07. The summed E-state index contributed by atoms with van der Waals surface area (Å²) in [6, 6.07) is 23.4. The Hall–Kier alpha value is -3.49. The van der Waals surface area contributed by atoms with E-state index < -0.39 is 11.9 Å². The van der Waals surface area contributed by atoms with E-state index in [9.17, 15) is 9.59 Å². The number of ether oxygens (including phenoxy) is 2. The highest BCUT2D eigenvalue weighted by Gasteiger charge is 2.15. The molecule has 0 bridgehead atoms. The van der Waals surface area contributed by atoms with Crippen molar-refractivity contribution in [1.82, 2.24) is 5.43 Å². The van der Waals surface area contributed by atoms with E-state index in [-0.39, 0.29) is 0 Å². The van der Waals surface area contributed by atoms with Gasteiger partial charge in [0.2, 0.25) is 0 Å². The van der Waals surface area contributed by atoms with Gasteiger partial charge in [0.15, 0.2) is 0 Å². The molecular formula is C26H18Br2N2O4. The first-order chi connectivity index (χ1) is 16.5. The van der Waals surface area contributed by atoms with E-state index in [1.54, 1.807) is 42.5 Å². The molecule has 4 rings (SSSR count). The lowest BCUT2D eigenvalue weighted by molar-refractivity contribution is 0.0735. The minimum atomic E-state index is -0.450. The average Bonchev–Trinajstić information content (AvgIpc) is 2.85. The van der Waals surface area contributed by atoms with Crippen molar-refractivity contribution in [3.63, 3.8) is 0 Å². The van der Waals surface area contributed by atoms with Crippen molar-refractivity contribution < 1.29 is 19.1 Å². The average molecular weight is 582 g/mol. The topological polar surface area (TPSA) is 77.0 Å². The molecule has 0 unspecified atom stereocenters. The van der Waals surface area contributed by atoms with E-state index >= 15 is 0 Å². The predicted molar refractivity (Wildman–Crippen MR) is 139 cm³/mol. The lowest BCUT2D eigenvalue weighted by Crippen LogP contribution is -2.18. The molecule has 4 aromatic carbocycles. The Morgan fingerprint density at radius 3 is 2.44 bits per heavy atom. The van der Waals surface area contributed by atoms with Gasteiger partial charge in [-0.2, -0.15) is 5.10 Å². The molecule has 0 spiro atoms. The summed E-state index contributed by atoms with van der Waals surface area (Å²) in [5.74, 6) is -0.0442. The van der Waals surface area contributed by atoms with Crippen molar-refractivity contribution in [3.05, 3.63) is 104 Å². The molecule has 0 heterocycles. The molecule has 170 valence electrons. The molecule has 0 aliphatic heterocycles. The third kappa shape index (κ3) is 5.35. The second-order valence-electron chi connectivity index (χ2n) is 7.15.